The molecule has 1 unspecified atom stereocenters. The summed E-state index contributed by atoms with van der Waals surface area (Å²) in [4.78, 5) is 19.0. The Morgan fingerprint density at radius 3 is 2.63 bits per heavy atom. The van der Waals surface area contributed by atoms with Crippen molar-refractivity contribution in [1.82, 2.24) is 15.5 Å². The van der Waals surface area contributed by atoms with Gasteiger partial charge < -0.3 is 15.5 Å². The third-order valence-corrected chi connectivity index (χ3v) is 6.44. The quantitative estimate of drug-likeness (QED) is 0.326. The number of benzene rings is 1. The van der Waals surface area contributed by atoms with E-state index < -0.39 is 0 Å². The highest BCUT2D eigenvalue weighted by molar-refractivity contribution is 14.0. The minimum absolute atomic E-state index is 0. The second-order valence-electron chi connectivity index (χ2n) is 8.83. The van der Waals surface area contributed by atoms with Crippen LogP contribution in [0, 0.1) is 11.7 Å². The molecule has 1 aromatic carbocycles. The number of rotatable bonds is 5. The van der Waals surface area contributed by atoms with Crippen molar-refractivity contribution in [2.75, 3.05) is 26.7 Å². The van der Waals surface area contributed by atoms with Crippen LogP contribution in [0.2, 0.25) is 5.02 Å². The van der Waals surface area contributed by atoms with Gasteiger partial charge in [0.25, 0.3) is 0 Å². The minimum Gasteiger partial charge on any atom is -0.356 e. The molecule has 1 aromatic rings. The number of likely N-dealkylation sites (tertiary alicyclic amines) is 1. The fourth-order valence-electron chi connectivity index (χ4n) is 4.34. The van der Waals surface area contributed by atoms with Gasteiger partial charge in [-0.15, -0.1) is 24.0 Å². The molecule has 5 nitrogen and oxygen atoms in total. The highest BCUT2D eigenvalue weighted by Gasteiger charge is 2.32. The maximum Gasteiger partial charge on any atom is 0.225 e. The molecule has 1 aliphatic heterocycles. The summed E-state index contributed by atoms with van der Waals surface area (Å²) in [6, 6.07) is 4.72. The first-order valence-electron chi connectivity index (χ1n) is 10.5. The molecule has 0 bridgehead atoms. The summed E-state index contributed by atoms with van der Waals surface area (Å²) in [6.07, 6.45) is 5.36. The van der Waals surface area contributed by atoms with E-state index in [4.69, 9.17) is 11.6 Å². The Labute approximate surface area is 201 Å². The molecule has 1 saturated carbocycles. The SMILES string of the molecule is CN=C(NCC(C)(C)c1ccc(F)cc1Cl)NC1CCN(C(=O)C2CCCC2)C1.I. The normalized spacial score (nSPS) is 20.2. The lowest BCUT2D eigenvalue weighted by molar-refractivity contribution is -0.134. The van der Waals surface area contributed by atoms with E-state index in [1.807, 2.05) is 4.90 Å². The number of guanidine groups is 1. The first kappa shape index (κ1) is 25.2. The van der Waals surface area contributed by atoms with Crippen LogP contribution in [0.25, 0.3) is 0 Å². The van der Waals surface area contributed by atoms with E-state index in [1.54, 1.807) is 13.1 Å². The molecular formula is C22H33ClFIN4O. The number of hydrogen-bond acceptors (Lipinski definition) is 2. The molecule has 1 aliphatic carbocycles. The van der Waals surface area contributed by atoms with Crippen LogP contribution in [0.15, 0.2) is 23.2 Å². The number of nitrogens with one attached hydrogen (secondary N) is 2. The van der Waals surface area contributed by atoms with Crippen LogP contribution in [0.1, 0.15) is 51.5 Å². The van der Waals surface area contributed by atoms with Crippen LogP contribution in [0.5, 0.6) is 0 Å². The first-order chi connectivity index (χ1) is 13.8. The van der Waals surface area contributed by atoms with Crippen LogP contribution in [-0.2, 0) is 10.2 Å². The molecule has 2 N–H and O–H groups in total. The average Bonchev–Trinajstić information content (AvgIpc) is 3.36. The van der Waals surface area contributed by atoms with Gasteiger partial charge in [-0.2, -0.15) is 0 Å². The number of nitrogens with zero attached hydrogens (tertiary/aromatic N) is 2. The number of halogens is 3. The van der Waals surface area contributed by atoms with Crippen molar-refractivity contribution < 1.29 is 9.18 Å². The summed E-state index contributed by atoms with van der Waals surface area (Å²) in [5, 5.41) is 7.23. The average molecular weight is 551 g/mol. The zero-order valence-electron chi connectivity index (χ0n) is 18.0. The molecule has 1 amide bonds. The summed E-state index contributed by atoms with van der Waals surface area (Å²) < 4.78 is 13.4. The van der Waals surface area contributed by atoms with Crippen molar-refractivity contribution in [3.8, 4) is 0 Å². The Balaban J connectivity index is 0.00000320. The summed E-state index contributed by atoms with van der Waals surface area (Å²) in [7, 11) is 1.74. The first-order valence-corrected chi connectivity index (χ1v) is 10.9. The van der Waals surface area contributed by atoms with Crippen LogP contribution in [-0.4, -0.2) is 49.5 Å². The lowest BCUT2D eigenvalue weighted by Gasteiger charge is -2.28. The zero-order chi connectivity index (χ0) is 21.0. The Kier molecular flexibility index (Phi) is 9.21. The van der Waals surface area contributed by atoms with Gasteiger partial charge in [0.05, 0.1) is 0 Å². The second-order valence-corrected chi connectivity index (χ2v) is 9.24. The van der Waals surface area contributed by atoms with E-state index in [0.717, 1.165) is 37.9 Å². The van der Waals surface area contributed by atoms with Crippen molar-refractivity contribution >= 4 is 47.4 Å². The third-order valence-electron chi connectivity index (χ3n) is 6.13. The van der Waals surface area contributed by atoms with Gasteiger partial charge in [0.1, 0.15) is 5.82 Å². The van der Waals surface area contributed by atoms with E-state index in [1.165, 1.54) is 25.0 Å². The molecule has 30 heavy (non-hydrogen) atoms. The molecule has 0 radical (unpaired) electrons. The summed E-state index contributed by atoms with van der Waals surface area (Å²) >= 11 is 6.25. The molecule has 168 valence electrons. The number of amides is 1. The topological polar surface area (TPSA) is 56.7 Å². The van der Waals surface area contributed by atoms with Crippen molar-refractivity contribution in [3.63, 3.8) is 0 Å². The van der Waals surface area contributed by atoms with Crippen LogP contribution < -0.4 is 10.6 Å². The van der Waals surface area contributed by atoms with Gasteiger partial charge in [0.2, 0.25) is 5.91 Å². The molecule has 1 heterocycles. The largest absolute Gasteiger partial charge is 0.356 e. The predicted octanol–water partition coefficient (Wildman–Crippen LogP) is 4.33. The van der Waals surface area contributed by atoms with Gasteiger partial charge >= 0.3 is 0 Å². The Morgan fingerprint density at radius 1 is 1.30 bits per heavy atom. The van der Waals surface area contributed by atoms with E-state index >= 15 is 0 Å². The Hall–Kier alpha value is -1.09. The van der Waals surface area contributed by atoms with Crippen LogP contribution >= 0.6 is 35.6 Å². The predicted molar refractivity (Wildman–Crippen MR) is 131 cm³/mol. The standard InChI is InChI=1S/C22H32ClFN4O.HI/c1-22(2,18-9-8-16(24)12-19(18)23)14-26-21(25-3)27-17-10-11-28(13-17)20(29)15-6-4-5-7-15;/h8-9,12,15,17H,4-7,10-11,13-14H2,1-3H3,(H2,25,26,27);1H. The van der Waals surface area contributed by atoms with Crippen molar-refractivity contribution in [2.45, 2.75) is 57.4 Å². The van der Waals surface area contributed by atoms with Crippen molar-refractivity contribution in [1.29, 1.82) is 0 Å². The summed E-state index contributed by atoms with van der Waals surface area (Å²) in [6.45, 7) is 6.24. The second kappa shape index (κ2) is 11.0. The maximum absolute atomic E-state index is 13.4. The molecule has 8 heteroatoms. The van der Waals surface area contributed by atoms with E-state index in [0.29, 0.717) is 23.4 Å². The molecule has 1 atom stereocenters. The van der Waals surface area contributed by atoms with Crippen LogP contribution in [0.3, 0.4) is 0 Å². The third kappa shape index (κ3) is 6.22. The number of aliphatic imine (C=N–C) groups is 1. The van der Waals surface area contributed by atoms with E-state index in [2.05, 4.69) is 29.5 Å². The minimum atomic E-state index is -0.335. The lowest BCUT2D eigenvalue weighted by Crippen LogP contribution is -2.48. The molecule has 2 fully saturated rings. The zero-order valence-corrected chi connectivity index (χ0v) is 21.1. The Bertz CT molecular complexity index is 768. The molecule has 2 aliphatic rings. The van der Waals surface area contributed by atoms with Gasteiger partial charge in [-0.05, 0) is 37.0 Å². The van der Waals surface area contributed by atoms with Crippen molar-refractivity contribution in [2.24, 2.45) is 10.9 Å². The molecule has 0 spiro atoms. The van der Waals surface area contributed by atoms with Crippen LogP contribution in [0.4, 0.5) is 4.39 Å². The smallest absolute Gasteiger partial charge is 0.225 e. The van der Waals surface area contributed by atoms with Crippen molar-refractivity contribution in [3.05, 3.63) is 34.6 Å². The number of carbonyl (C=O) groups excluding carboxylic acids is 1. The number of hydrogen-bond donors (Lipinski definition) is 2. The highest BCUT2D eigenvalue weighted by atomic mass is 127. The molecule has 3 rings (SSSR count). The van der Waals surface area contributed by atoms with E-state index in [-0.39, 0.29) is 47.2 Å². The van der Waals surface area contributed by atoms with Gasteiger partial charge in [-0.3, -0.25) is 9.79 Å². The van der Waals surface area contributed by atoms with Gasteiger partial charge in [-0.1, -0.05) is 44.4 Å². The van der Waals surface area contributed by atoms with Gasteiger partial charge in [-0.25, -0.2) is 4.39 Å². The van der Waals surface area contributed by atoms with Gasteiger partial charge in [0.15, 0.2) is 5.96 Å². The maximum atomic E-state index is 13.4. The highest BCUT2D eigenvalue weighted by Crippen LogP contribution is 2.30. The number of carbonyl (C=O) groups is 1. The molecule has 1 saturated heterocycles. The van der Waals surface area contributed by atoms with E-state index in [9.17, 15) is 9.18 Å². The molecular weight excluding hydrogens is 518 g/mol. The molecule has 0 aromatic heterocycles. The Morgan fingerprint density at radius 2 is 2.00 bits per heavy atom. The monoisotopic (exact) mass is 550 g/mol. The summed E-state index contributed by atoms with van der Waals surface area (Å²) in [5.41, 5.74) is 0.584. The van der Waals surface area contributed by atoms with Gasteiger partial charge in [0, 0.05) is 49.1 Å². The lowest BCUT2D eigenvalue weighted by atomic mass is 9.84. The summed E-state index contributed by atoms with van der Waals surface area (Å²) in [5.74, 6) is 0.920. The fraction of sp³-hybridized carbons (Fsp3) is 0.636. The fourth-order valence-corrected chi connectivity index (χ4v) is 4.76.